The third kappa shape index (κ3) is 4.72. The molecule has 1 atom stereocenters. The molecule has 5 rings (SSSR count). The number of fused-ring (bicyclic) bond motifs is 1. The quantitative estimate of drug-likeness (QED) is 0.353. The fourth-order valence-electron chi connectivity index (χ4n) is 4.94. The Morgan fingerprint density at radius 2 is 2.00 bits per heavy atom. The van der Waals surface area contributed by atoms with E-state index in [2.05, 4.69) is 28.2 Å². The van der Waals surface area contributed by atoms with E-state index in [9.17, 15) is 5.11 Å². The highest BCUT2D eigenvalue weighted by Crippen LogP contribution is 2.33. The molecular weight excluding hydrogens is 472 g/mol. The van der Waals surface area contributed by atoms with Gasteiger partial charge in [-0.1, -0.05) is 0 Å². The minimum absolute atomic E-state index is 0.0200. The lowest BCUT2D eigenvalue weighted by Gasteiger charge is -2.25. The van der Waals surface area contributed by atoms with Crippen LogP contribution in [0.4, 0.5) is 17.6 Å². The smallest absolute Gasteiger partial charge is 0.232 e. The van der Waals surface area contributed by atoms with Gasteiger partial charge in [0, 0.05) is 19.7 Å². The molecule has 1 aliphatic heterocycles. The number of hydrogen-bond donors (Lipinski definition) is 2. The Balaban J connectivity index is 1.53. The normalized spacial score (nSPS) is 15.6. The Kier molecular flexibility index (Phi) is 6.98. The van der Waals surface area contributed by atoms with Gasteiger partial charge < -0.3 is 29.4 Å². The number of nitrogens with one attached hydrogen (secondary N) is 1. The van der Waals surface area contributed by atoms with Crippen LogP contribution in [0.15, 0.2) is 24.7 Å². The first-order valence-corrected chi connectivity index (χ1v) is 12.5. The molecule has 0 saturated carbocycles. The highest BCUT2D eigenvalue weighted by molar-refractivity contribution is 5.91. The van der Waals surface area contributed by atoms with Crippen LogP contribution >= 0.6 is 0 Å². The van der Waals surface area contributed by atoms with Gasteiger partial charge in [-0.05, 0) is 50.8 Å². The molecule has 0 aliphatic carbocycles. The molecule has 4 heterocycles. The molecule has 0 bridgehead atoms. The number of aliphatic hydroxyl groups is 1. The first-order valence-electron chi connectivity index (χ1n) is 12.5. The van der Waals surface area contributed by atoms with E-state index in [-0.39, 0.29) is 12.6 Å². The fraction of sp³-hybridized carbons (Fsp3) is 0.462. The maximum absolute atomic E-state index is 9.99. The van der Waals surface area contributed by atoms with Crippen molar-refractivity contribution < 1.29 is 14.6 Å². The van der Waals surface area contributed by atoms with Crippen LogP contribution in [0.1, 0.15) is 29.7 Å². The molecule has 11 nitrogen and oxygen atoms in total. The van der Waals surface area contributed by atoms with E-state index >= 15 is 0 Å². The van der Waals surface area contributed by atoms with Crippen molar-refractivity contribution in [2.24, 2.45) is 0 Å². The second-order valence-corrected chi connectivity index (χ2v) is 9.42. The van der Waals surface area contributed by atoms with Gasteiger partial charge in [-0.15, -0.1) is 0 Å². The van der Waals surface area contributed by atoms with Crippen LogP contribution in [0.5, 0.6) is 5.75 Å². The fourth-order valence-corrected chi connectivity index (χ4v) is 4.94. The highest BCUT2D eigenvalue weighted by Gasteiger charge is 2.29. The molecule has 0 spiro atoms. The number of rotatable bonds is 9. The number of imidazole rings is 1. The maximum atomic E-state index is 9.99. The number of aliphatic hydroxyl groups excluding tert-OH is 1. The van der Waals surface area contributed by atoms with Crippen LogP contribution in [0.25, 0.3) is 16.7 Å². The van der Waals surface area contributed by atoms with E-state index in [4.69, 9.17) is 24.5 Å². The van der Waals surface area contributed by atoms with Gasteiger partial charge in [0.1, 0.15) is 17.9 Å². The topological polar surface area (TPSA) is 115 Å². The molecule has 0 amide bonds. The van der Waals surface area contributed by atoms with Gasteiger partial charge >= 0.3 is 0 Å². The second kappa shape index (κ2) is 10.3. The number of nitrogens with zero attached hydrogens (tertiary/aromatic N) is 7. The van der Waals surface area contributed by atoms with E-state index in [0.29, 0.717) is 24.9 Å². The van der Waals surface area contributed by atoms with Gasteiger partial charge in [-0.3, -0.25) is 0 Å². The van der Waals surface area contributed by atoms with Crippen LogP contribution in [0.2, 0.25) is 0 Å². The summed E-state index contributed by atoms with van der Waals surface area (Å²) >= 11 is 0. The lowest BCUT2D eigenvalue weighted by atomic mass is 10.1. The SMILES string of the molecule is COCCn1nc(C)c2c(N3CCC[C@H]3CO)nc(Nc3cn(-c4cc(C)c(C)c(OC)c4)cn3)nc21. The number of methoxy groups -OCH3 is 2. The van der Waals surface area contributed by atoms with E-state index < -0.39 is 0 Å². The van der Waals surface area contributed by atoms with E-state index in [1.165, 1.54) is 0 Å². The summed E-state index contributed by atoms with van der Waals surface area (Å²) < 4.78 is 14.6. The number of aryl methyl sites for hydroxylation is 2. The molecule has 2 N–H and O–H groups in total. The van der Waals surface area contributed by atoms with Crippen molar-refractivity contribution >= 4 is 28.6 Å². The summed E-state index contributed by atoms with van der Waals surface area (Å²) in [5.74, 6) is 2.65. The molecule has 196 valence electrons. The average molecular weight is 507 g/mol. The summed E-state index contributed by atoms with van der Waals surface area (Å²) in [7, 11) is 3.35. The minimum atomic E-state index is 0.0200. The zero-order chi connectivity index (χ0) is 26.1. The molecule has 1 aromatic carbocycles. The summed E-state index contributed by atoms with van der Waals surface area (Å²) in [6.07, 6.45) is 5.57. The second-order valence-electron chi connectivity index (χ2n) is 9.42. The molecule has 1 aliphatic rings. The monoisotopic (exact) mass is 506 g/mol. The minimum Gasteiger partial charge on any atom is -0.496 e. The summed E-state index contributed by atoms with van der Waals surface area (Å²) in [6, 6.07) is 4.11. The van der Waals surface area contributed by atoms with E-state index in [0.717, 1.165) is 64.5 Å². The van der Waals surface area contributed by atoms with Crippen molar-refractivity contribution in [3.05, 3.63) is 41.5 Å². The Morgan fingerprint density at radius 1 is 1.16 bits per heavy atom. The van der Waals surface area contributed by atoms with E-state index in [1.54, 1.807) is 20.5 Å². The Labute approximate surface area is 216 Å². The number of ether oxygens (including phenoxy) is 2. The molecule has 1 saturated heterocycles. The van der Waals surface area contributed by atoms with Crippen LogP contribution in [0.3, 0.4) is 0 Å². The van der Waals surface area contributed by atoms with Crippen LogP contribution in [-0.2, 0) is 11.3 Å². The van der Waals surface area contributed by atoms with Crippen molar-refractivity contribution in [3.8, 4) is 11.4 Å². The van der Waals surface area contributed by atoms with Crippen molar-refractivity contribution in [2.45, 2.75) is 46.2 Å². The average Bonchev–Trinajstić information content (AvgIpc) is 3.63. The third-order valence-electron chi connectivity index (χ3n) is 7.06. The molecule has 4 aromatic rings. The zero-order valence-electron chi connectivity index (χ0n) is 22.0. The Bertz CT molecular complexity index is 1410. The molecule has 0 radical (unpaired) electrons. The predicted molar refractivity (Wildman–Crippen MR) is 142 cm³/mol. The van der Waals surface area contributed by atoms with Crippen LogP contribution in [0, 0.1) is 20.8 Å². The first-order chi connectivity index (χ1) is 17.9. The van der Waals surface area contributed by atoms with E-state index in [1.807, 2.05) is 35.4 Å². The molecule has 1 fully saturated rings. The van der Waals surface area contributed by atoms with Crippen molar-refractivity contribution in [3.63, 3.8) is 0 Å². The predicted octanol–water partition coefficient (Wildman–Crippen LogP) is 3.30. The molecule has 0 unspecified atom stereocenters. The van der Waals surface area contributed by atoms with Gasteiger partial charge in [0.15, 0.2) is 11.5 Å². The lowest BCUT2D eigenvalue weighted by Crippen LogP contribution is -2.33. The summed E-state index contributed by atoms with van der Waals surface area (Å²) in [6.45, 7) is 8.07. The van der Waals surface area contributed by atoms with Gasteiger partial charge in [0.25, 0.3) is 0 Å². The summed E-state index contributed by atoms with van der Waals surface area (Å²) in [4.78, 5) is 16.4. The number of anilines is 3. The van der Waals surface area contributed by atoms with Crippen LogP contribution in [-0.4, -0.2) is 74.4 Å². The molecule has 3 aromatic heterocycles. The Morgan fingerprint density at radius 3 is 2.76 bits per heavy atom. The summed E-state index contributed by atoms with van der Waals surface area (Å²) in [5.41, 5.74) is 4.78. The molecule has 37 heavy (non-hydrogen) atoms. The van der Waals surface area contributed by atoms with Crippen molar-refractivity contribution in [2.75, 3.05) is 44.2 Å². The van der Waals surface area contributed by atoms with Crippen molar-refractivity contribution in [1.29, 1.82) is 0 Å². The Hall–Kier alpha value is -3.70. The zero-order valence-corrected chi connectivity index (χ0v) is 22.0. The highest BCUT2D eigenvalue weighted by atomic mass is 16.5. The molecule has 11 heteroatoms. The third-order valence-corrected chi connectivity index (χ3v) is 7.06. The summed E-state index contributed by atoms with van der Waals surface area (Å²) in [5, 5.41) is 18.9. The van der Waals surface area contributed by atoms with Crippen molar-refractivity contribution in [1.82, 2.24) is 29.3 Å². The van der Waals surface area contributed by atoms with Gasteiger partial charge in [0.05, 0.1) is 55.9 Å². The number of aromatic nitrogens is 6. The lowest BCUT2D eigenvalue weighted by molar-refractivity contribution is 0.184. The number of hydrogen-bond acceptors (Lipinski definition) is 9. The van der Waals surface area contributed by atoms with Gasteiger partial charge in [-0.2, -0.15) is 15.1 Å². The van der Waals surface area contributed by atoms with Crippen LogP contribution < -0.4 is 15.0 Å². The van der Waals surface area contributed by atoms with Gasteiger partial charge in [-0.25, -0.2) is 9.67 Å². The van der Waals surface area contributed by atoms with Gasteiger partial charge in [0.2, 0.25) is 5.95 Å². The molecular formula is C26H34N8O3. The largest absolute Gasteiger partial charge is 0.496 e. The first kappa shape index (κ1) is 25.0. The maximum Gasteiger partial charge on any atom is 0.232 e. The standard InChI is InChI=1S/C26H34N8O3/c1-16-11-20(12-21(37-5)17(16)2)32-13-22(27-15-32)28-26-29-24(33-8-6-7-19(33)14-35)23-18(3)31-34(9-10-36-4)25(23)30-26/h11-13,15,19,35H,6-10,14H2,1-5H3,(H,28,29,30)/t19-/m0/s1. The number of benzene rings is 1.